The minimum Gasteiger partial charge on any atom is -0.366 e. The molecule has 3 rings (SSSR count). The van der Waals surface area contributed by atoms with Gasteiger partial charge in [0.1, 0.15) is 0 Å². The van der Waals surface area contributed by atoms with Gasteiger partial charge in [-0.25, -0.2) is 0 Å². The van der Waals surface area contributed by atoms with Crippen molar-refractivity contribution in [1.29, 1.82) is 0 Å². The van der Waals surface area contributed by atoms with Crippen LogP contribution >= 0.6 is 0 Å². The largest absolute Gasteiger partial charge is 0.366 e. The van der Waals surface area contributed by atoms with Crippen molar-refractivity contribution in [2.75, 3.05) is 0 Å². The number of carbonyl (C=O) groups is 1. The summed E-state index contributed by atoms with van der Waals surface area (Å²) in [5.41, 5.74) is 15.3. The second-order valence-corrected chi connectivity index (χ2v) is 6.74. The van der Waals surface area contributed by atoms with E-state index in [4.69, 9.17) is 11.5 Å². The maximum Gasteiger partial charge on any atom is 0.248 e. The van der Waals surface area contributed by atoms with Crippen LogP contribution < -0.4 is 11.5 Å². The number of amides is 1. The molecule has 0 radical (unpaired) electrons. The molecule has 0 aromatic heterocycles. The average molecular weight is 272 g/mol. The summed E-state index contributed by atoms with van der Waals surface area (Å²) in [6.07, 6.45) is 7.20. The Morgan fingerprint density at radius 1 is 1.30 bits per heavy atom. The fourth-order valence-corrected chi connectivity index (χ4v) is 4.21. The summed E-state index contributed by atoms with van der Waals surface area (Å²) in [6.45, 7) is 2.28. The molecule has 2 aliphatic rings. The lowest BCUT2D eigenvalue weighted by Gasteiger charge is -2.47. The maximum absolute atomic E-state index is 11.5. The Bertz CT molecular complexity index is 540. The van der Waals surface area contributed by atoms with Gasteiger partial charge in [-0.05, 0) is 48.4 Å². The Hall–Kier alpha value is -1.35. The predicted molar refractivity (Wildman–Crippen MR) is 80.6 cm³/mol. The van der Waals surface area contributed by atoms with E-state index >= 15 is 0 Å². The standard InChI is InChI=1S/C17H24N2O/c1-17-8-4-2-3-5-12(15(17)18)9-11-6-7-13(16(19)20)10-14(11)17/h6-7,10,12,15H,2-5,8-9,18H2,1H3,(H2,19,20). The molecule has 1 aromatic rings. The van der Waals surface area contributed by atoms with Crippen LogP contribution in [0.5, 0.6) is 0 Å². The Labute approximate surface area is 120 Å². The first-order valence-electron chi connectivity index (χ1n) is 7.71. The molecule has 1 saturated carbocycles. The molecule has 3 atom stereocenters. The SMILES string of the molecule is CC12CCCCCC(Cc3ccc(C(N)=O)cc31)C2N. The molecule has 1 fully saturated rings. The van der Waals surface area contributed by atoms with E-state index in [1.807, 2.05) is 12.1 Å². The number of nitrogens with two attached hydrogens (primary N) is 2. The highest BCUT2D eigenvalue weighted by atomic mass is 16.1. The highest BCUT2D eigenvalue weighted by Crippen LogP contribution is 2.45. The summed E-state index contributed by atoms with van der Waals surface area (Å²) in [4.78, 5) is 11.5. The van der Waals surface area contributed by atoms with Gasteiger partial charge in [-0.3, -0.25) is 4.79 Å². The lowest BCUT2D eigenvalue weighted by Crippen LogP contribution is -2.52. The van der Waals surface area contributed by atoms with Gasteiger partial charge < -0.3 is 11.5 Å². The van der Waals surface area contributed by atoms with Crippen LogP contribution in [0.2, 0.25) is 0 Å². The Morgan fingerprint density at radius 2 is 2.10 bits per heavy atom. The number of benzene rings is 1. The minimum atomic E-state index is -0.349. The highest BCUT2D eigenvalue weighted by molar-refractivity contribution is 5.93. The average Bonchev–Trinajstić information content (AvgIpc) is 2.43. The smallest absolute Gasteiger partial charge is 0.248 e. The topological polar surface area (TPSA) is 69.1 Å². The summed E-state index contributed by atoms with van der Waals surface area (Å²) in [7, 11) is 0. The lowest BCUT2D eigenvalue weighted by molar-refractivity contribution is 0.1000. The van der Waals surface area contributed by atoms with Crippen LogP contribution in [0.1, 0.15) is 60.5 Å². The number of rotatable bonds is 1. The van der Waals surface area contributed by atoms with Crippen LogP contribution in [0.25, 0.3) is 0 Å². The van der Waals surface area contributed by atoms with Crippen LogP contribution in [0.15, 0.2) is 18.2 Å². The molecule has 3 heteroatoms. The quantitative estimate of drug-likeness (QED) is 0.824. The van der Waals surface area contributed by atoms with Gasteiger partial charge >= 0.3 is 0 Å². The van der Waals surface area contributed by atoms with Gasteiger partial charge in [0.05, 0.1) is 0 Å². The summed E-state index contributed by atoms with van der Waals surface area (Å²) < 4.78 is 0. The van der Waals surface area contributed by atoms with Gasteiger partial charge in [0, 0.05) is 17.0 Å². The third kappa shape index (κ3) is 2.05. The number of hydrogen-bond acceptors (Lipinski definition) is 2. The Morgan fingerprint density at radius 3 is 2.85 bits per heavy atom. The van der Waals surface area contributed by atoms with Gasteiger partial charge in [0.25, 0.3) is 0 Å². The van der Waals surface area contributed by atoms with Gasteiger partial charge in [-0.15, -0.1) is 0 Å². The molecule has 2 bridgehead atoms. The molecule has 0 heterocycles. The number of primary amides is 1. The van der Waals surface area contributed by atoms with Crippen LogP contribution in [-0.2, 0) is 11.8 Å². The maximum atomic E-state index is 11.5. The van der Waals surface area contributed by atoms with E-state index in [0.717, 1.165) is 12.8 Å². The molecule has 4 N–H and O–H groups in total. The van der Waals surface area contributed by atoms with Crippen molar-refractivity contribution in [2.45, 2.75) is 56.9 Å². The fourth-order valence-electron chi connectivity index (χ4n) is 4.21. The van der Waals surface area contributed by atoms with Crippen molar-refractivity contribution >= 4 is 5.91 Å². The van der Waals surface area contributed by atoms with Crippen molar-refractivity contribution in [1.82, 2.24) is 0 Å². The van der Waals surface area contributed by atoms with Crippen molar-refractivity contribution in [2.24, 2.45) is 17.4 Å². The zero-order chi connectivity index (χ0) is 14.3. The third-order valence-electron chi connectivity index (χ3n) is 5.51. The minimum absolute atomic E-state index is 0.00979. The molecule has 0 aliphatic heterocycles. The van der Waals surface area contributed by atoms with E-state index in [0.29, 0.717) is 11.5 Å². The van der Waals surface area contributed by atoms with Crippen molar-refractivity contribution in [3.05, 3.63) is 34.9 Å². The third-order valence-corrected chi connectivity index (χ3v) is 5.51. The van der Waals surface area contributed by atoms with Crippen molar-refractivity contribution < 1.29 is 4.79 Å². The van der Waals surface area contributed by atoms with Gasteiger partial charge in [-0.1, -0.05) is 32.3 Å². The lowest BCUT2D eigenvalue weighted by atomic mass is 9.60. The highest BCUT2D eigenvalue weighted by Gasteiger charge is 2.43. The van der Waals surface area contributed by atoms with E-state index in [-0.39, 0.29) is 17.4 Å². The first kappa shape index (κ1) is 13.6. The van der Waals surface area contributed by atoms with Crippen LogP contribution in [0.4, 0.5) is 0 Å². The molecule has 108 valence electrons. The van der Waals surface area contributed by atoms with Crippen molar-refractivity contribution in [3.8, 4) is 0 Å². The summed E-state index contributed by atoms with van der Waals surface area (Å²) >= 11 is 0. The molecule has 1 aromatic carbocycles. The van der Waals surface area contributed by atoms with E-state index in [1.165, 1.54) is 36.8 Å². The van der Waals surface area contributed by atoms with Gasteiger partial charge in [0.2, 0.25) is 5.91 Å². The normalized spacial score (nSPS) is 32.9. The van der Waals surface area contributed by atoms with E-state index in [2.05, 4.69) is 13.0 Å². The molecule has 3 nitrogen and oxygen atoms in total. The zero-order valence-electron chi connectivity index (χ0n) is 12.2. The number of carbonyl (C=O) groups excluding carboxylic acids is 1. The van der Waals surface area contributed by atoms with Gasteiger partial charge in [-0.2, -0.15) is 0 Å². The van der Waals surface area contributed by atoms with Crippen LogP contribution in [-0.4, -0.2) is 11.9 Å². The Balaban J connectivity index is 2.11. The number of fused-ring (bicyclic) bond motifs is 4. The molecular weight excluding hydrogens is 248 g/mol. The van der Waals surface area contributed by atoms with E-state index in [9.17, 15) is 4.79 Å². The molecule has 0 saturated heterocycles. The molecule has 0 spiro atoms. The van der Waals surface area contributed by atoms with E-state index < -0.39 is 0 Å². The van der Waals surface area contributed by atoms with Crippen molar-refractivity contribution in [3.63, 3.8) is 0 Å². The second kappa shape index (κ2) is 4.88. The monoisotopic (exact) mass is 272 g/mol. The molecule has 20 heavy (non-hydrogen) atoms. The first-order chi connectivity index (χ1) is 9.52. The zero-order valence-corrected chi connectivity index (χ0v) is 12.2. The fraction of sp³-hybridized carbons (Fsp3) is 0.588. The molecule has 1 amide bonds. The van der Waals surface area contributed by atoms with E-state index in [1.54, 1.807) is 0 Å². The first-order valence-corrected chi connectivity index (χ1v) is 7.71. The molecular formula is C17H24N2O. The summed E-state index contributed by atoms with van der Waals surface area (Å²) in [6, 6.07) is 6.14. The number of hydrogen-bond donors (Lipinski definition) is 2. The van der Waals surface area contributed by atoms with Gasteiger partial charge in [0.15, 0.2) is 0 Å². The molecule has 2 aliphatic carbocycles. The Kier molecular flexibility index (Phi) is 3.33. The molecule has 3 unspecified atom stereocenters. The predicted octanol–water partition coefficient (Wildman–Crippen LogP) is 2.51. The van der Waals surface area contributed by atoms with Crippen LogP contribution in [0.3, 0.4) is 0 Å². The summed E-state index contributed by atoms with van der Waals surface area (Å²) in [5.74, 6) is 0.227. The van der Waals surface area contributed by atoms with Crippen LogP contribution in [0, 0.1) is 5.92 Å². The second-order valence-electron chi connectivity index (χ2n) is 6.74. The summed E-state index contributed by atoms with van der Waals surface area (Å²) in [5, 5.41) is 0.